The van der Waals surface area contributed by atoms with Gasteiger partial charge in [-0.3, -0.25) is 4.98 Å². The van der Waals surface area contributed by atoms with E-state index in [4.69, 9.17) is 14.2 Å². The van der Waals surface area contributed by atoms with Crippen molar-refractivity contribution in [3.8, 4) is 23.0 Å². The van der Waals surface area contributed by atoms with E-state index >= 15 is 0 Å². The van der Waals surface area contributed by atoms with Crippen LogP contribution in [0.5, 0.6) is 23.0 Å². The number of carboxylic acids is 1. The number of hydrogen-bond donors (Lipinski definition) is 1. The van der Waals surface area contributed by atoms with E-state index in [1.807, 2.05) is 0 Å². The largest absolute Gasteiger partial charge is 0.493 e. The number of carboxylic acid groups (broad SMARTS) is 1. The van der Waals surface area contributed by atoms with Crippen LogP contribution in [0, 0.1) is 6.92 Å². The number of ether oxygens (including phenoxy) is 3. The second kappa shape index (κ2) is 6.13. The number of aryl methyl sites for hydroxylation is 1. The monoisotopic (exact) mass is 289 g/mol. The molecule has 0 fully saturated rings. The quantitative estimate of drug-likeness (QED) is 0.911. The summed E-state index contributed by atoms with van der Waals surface area (Å²) in [6, 6.07) is 6.70. The van der Waals surface area contributed by atoms with Gasteiger partial charge in [0, 0.05) is 18.0 Å². The minimum absolute atomic E-state index is 0.0337. The maximum Gasteiger partial charge on any atom is 0.341 e. The van der Waals surface area contributed by atoms with E-state index in [-0.39, 0.29) is 11.3 Å². The Bertz CT molecular complexity index is 647. The first kappa shape index (κ1) is 14.6. The molecule has 0 amide bonds. The lowest BCUT2D eigenvalue weighted by Gasteiger charge is -2.15. The summed E-state index contributed by atoms with van der Waals surface area (Å²) in [5.74, 6) is 0.264. The van der Waals surface area contributed by atoms with E-state index < -0.39 is 5.97 Å². The molecule has 1 aromatic carbocycles. The number of hydrogen-bond acceptors (Lipinski definition) is 5. The summed E-state index contributed by atoms with van der Waals surface area (Å²) in [6.45, 7) is 1.75. The molecule has 0 radical (unpaired) electrons. The normalized spacial score (nSPS) is 10.0. The number of nitrogens with zero attached hydrogens (tertiary/aromatic N) is 1. The molecule has 1 N–H and O–H groups in total. The van der Waals surface area contributed by atoms with Gasteiger partial charge >= 0.3 is 5.97 Å². The van der Waals surface area contributed by atoms with Gasteiger partial charge in [0.05, 0.1) is 14.2 Å². The van der Waals surface area contributed by atoms with Gasteiger partial charge in [-0.25, -0.2) is 4.79 Å². The lowest BCUT2D eigenvalue weighted by atomic mass is 10.2. The Kier molecular flexibility index (Phi) is 4.27. The molecule has 0 aliphatic rings. The highest BCUT2D eigenvalue weighted by Gasteiger charge is 2.18. The molecule has 0 aliphatic heterocycles. The van der Waals surface area contributed by atoms with Crippen LogP contribution in [0.15, 0.2) is 30.5 Å². The molecule has 0 spiro atoms. The van der Waals surface area contributed by atoms with Crippen LogP contribution in [0.3, 0.4) is 0 Å². The maximum absolute atomic E-state index is 11.2. The zero-order valence-electron chi connectivity index (χ0n) is 11.9. The number of aromatic carboxylic acids is 1. The number of methoxy groups -OCH3 is 2. The molecule has 1 aromatic heterocycles. The number of pyridine rings is 1. The molecule has 0 saturated heterocycles. The van der Waals surface area contributed by atoms with E-state index in [2.05, 4.69) is 4.98 Å². The fourth-order valence-electron chi connectivity index (χ4n) is 1.81. The van der Waals surface area contributed by atoms with E-state index in [1.165, 1.54) is 20.4 Å². The van der Waals surface area contributed by atoms with Gasteiger partial charge in [-0.2, -0.15) is 0 Å². The second-order valence-corrected chi connectivity index (χ2v) is 4.22. The smallest absolute Gasteiger partial charge is 0.341 e. The fraction of sp³-hybridized carbons (Fsp3) is 0.200. The van der Waals surface area contributed by atoms with E-state index in [0.29, 0.717) is 22.9 Å². The average molecular weight is 289 g/mol. The van der Waals surface area contributed by atoms with Crippen molar-refractivity contribution in [2.45, 2.75) is 6.92 Å². The van der Waals surface area contributed by atoms with Gasteiger partial charge in [0.25, 0.3) is 0 Å². The highest BCUT2D eigenvalue weighted by Crippen LogP contribution is 2.40. The summed E-state index contributed by atoms with van der Waals surface area (Å²) in [5.41, 5.74) is 0.609. The summed E-state index contributed by atoms with van der Waals surface area (Å²) in [6.07, 6.45) is 1.26. The van der Waals surface area contributed by atoms with Gasteiger partial charge in [-0.15, -0.1) is 0 Å². The van der Waals surface area contributed by atoms with Crippen molar-refractivity contribution in [3.05, 3.63) is 41.7 Å². The van der Waals surface area contributed by atoms with Crippen LogP contribution < -0.4 is 14.2 Å². The standard InChI is InChI=1S/C15H15NO5/c1-9-7-13(10(8-16-9)15(17)18)21-14-11(19-2)5-4-6-12(14)20-3/h4-8H,1-3H3,(H,17,18). The summed E-state index contributed by atoms with van der Waals surface area (Å²) in [4.78, 5) is 15.2. The molecule has 2 aromatic rings. The Morgan fingerprint density at radius 3 is 2.29 bits per heavy atom. The van der Waals surface area contributed by atoms with Crippen LogP contribution in [-0.4, -0.2) is 30.3 Å². The van der Waals surface area contributed by atoms with Crippen molar-refractivity contribution in [2.24, 2.45) is 0 Å². The van der Waals surface area contributed by atoms with Gasteiger partial charge in [0.1, 0.15) is 11.3 Å². The van der Waals surface area contributed by atoms with Gasteiger partial charge < -0.3 is 19.3 Å². The zero-order chi connectivity index (χ0) is 15.4. The van der Waals surface area contributed by atoms with Crippen molar-refractivity contribution in [1.29, 1.82) is 0 Å². The Morgan fingerprint density at radius 1 is 1.14 bits per heavy atom. The Morgan fingerprint density at radius 2 is 1.76 bits per heavy atom. The number of rotatable bonds is 5. The fourth-order valence-corrected chi connectivity index (χ4v) is 1.81. The van der Waals surface area contributed by atoms with Crippen molar-refractivity contribution in [2.75, 3.05) is 14.2 Å². The van der Waals surface area contributed by atoms with Gasteiger partial charge in [0.15, 0.2) is 11.5 Å². The molecule has 110 valence electrons. The minimum Gasteiger partial charge on any atom is -0.493 e. The molecule has 0 atom stereocenters. The van der Waals surface area contributed by atoms with Gasteiger partial charge in [-0.05, 0) is 19.1 Å². The SMILES string of the molecule is COc1cccc(OC)c1Oc1cc(C)ncc1C(=O)O. The molecule has 0 saturated carbocycles. The van der Waals surface area contributed by atoms with Gasteiger partial charge in [0.2, 0.25) is 5.75 Å². The summed E-state index contributed by atoms with van der Waals surface area (Å²) in [5, 5.41) is 9.21. The van der Waals surface area contributed by atoms with Crippen LogP contribution in [0.1, 0.15) is 16.1 Å². The highest BCUT2D eigenvalue weighted by atomic mass is 16.5. The molecule has 21 heavy (non-hydrogen) atoms. The van der Waals surface area contributed by atoms with Crippen LogP contribution >= 0.6 is 0 Å². The Hall–Kier alpha value is -2.76. The molecule has 0 unspecified atom stereocenters. The van der Waals surface area contributed by atoms with E-state index in [1.54, 1.807) is 31.2 Å². The number of carbonyl (C=O) groups is 1. The van der Waals surface area contributed by atoms with E-state index in [0.717, 1.165) is 0 Å². The number of benzene rings is 1. The molecule has 0 bridgehead atoms. The average Bonchev–Trinajstić information content (AvgIpc) is 2.47. The Balaban J connectivity index is 2.52. The minimum atomic E-state index is -1.12. The van der Waals surface area contributed by atoms with E-state index in [9.17, 15) is 9.90 Å². The van der Waals surface area contributed by atoms with Crippen LogP contribution in [-0.2, 0) is 0 Å². The van der Waals surface area contributed by atoms with Gasteiger partial charge in [-0.1, -0.05) is 6.07 Å². The lowest BCUT2D eigenvalue weighted by Crippen LogP contribution is -2.03. The van der Waals surface area contributed by atoms with Crippen LogP contribution in [0.25, 0.3) is 0 Å². The van der Waals surface area contributed by atoms with Crippen molar-refractivity contribution >= 4 is 5.97 Å². The van der Waals surface area contributed by atoms with Crippen LogP contribution in [0.4, 0.5) is 0 Å². The Labute approximate surface area is 121 Å². The lowest BCUT2D eigenvalue weighted by molar-refractivity contribution is 0.0693. The molecular formula is C15H15NO5. The molecular weight excluding hydrogens is 274 g/mol. The predicted octanol–water partition coefficient (Wildman–Crippen LogP) is 2.90. The summed E-state index contributed by atoms with van der Waals surface area (Å²) < 4.78 is 16.2. The number of para-hydroxylation sites is 1. The number of aromatic nitrogens is 1. The van der Waals surface area contributed by atoms with Crippen LogP contribution in [0.2, 0.25) is 0 Å². The third kappa shape index (κ3) is 3.05. The van der Waals surface area contributed by atoms with Crippen molar-refractivity contribution in [3.63, 3.8) is 0 Å². The molecule has 1 heterocycles. The molecule has 0 aliphatic carbocycles. The molecule has 6 heteroatoms. The molecule has 6 nitrogen and oxygen atoms in total. The highest BCUT2D eigenvalue weighted by molar-refractivity contribution is 5.90. The summed E-state index contributed by atoms with van der Waals surface area (Å²) >= 11 is 0. The topological polar surface area (TPSA) is 77.9 Å². The second-order valence-electron chi connectivity index (χ2n) is 4.22. The first-order chi connectivity index (χ1) is 10.1. The predicted molar refractivity (Wildman–Crippen MR) is 75.6 cm³/mol. The third-order valence-electron chi connectivity index (χ3n) is 2.83. The molecule has 2 rings (SSSR count). The first-order valence-corrected chi connectivity index (χ1v) is 6.15. The van der Waals surface area contributed by atoms with Crippen molar-refractivity contribution in [1.82, 2.24) is 4.98 Å². The maximum atomic E-state index is 11.2. The summed E-state index contributed by atoms with van der Waals surface area (Å²) in [7, 11) is 3.00. The third-order valence-corrected chi connectivity index (χ3v) is 2.83. The first-order valence-electron chi connectivity index (χ1n) is 6.15. The van der Waals surface area contributed by atoms with Crippen molar-refractivity contribution < 1.29 is 24.1 Å². The zero-order valence-corrected chi connectivity index (χ0v) is 11.9.